The van der Waals surface area contributed by atoms with Crippen molar-refractivity contribution in [3.8, 4) is 0 Å². The molecule has 0 radical (unpaired) electrons. The van der Waals surface area contributed by atoms with E-state index in [9.17, 15) is 0 Å². The Morgan fingerprint density at radius 3 is 2.39 bits per heavy atom. The lowest BCUT2D eigenvalue weighted by atomic mass is 9.74. The van der Waals surface area contributed by atoms with Crippen LogP contribution in [0.4, 0.5) is 0 Å². The third kappa shape index (κ3) is 4.89. The maximum atomic E-state index is 5.57. The van der Waals surface area contributed by atoms with Crippen molar-refractivity contribution in [2.24, 2.45) is 10.8 Å². The molecule has 0 aromatic carbocycles. The number of nitrogens with one attached hydrogen (secondary N) is 1. The van der Waals surface area contributed by atoms with E-state index in [1.807, 2.05) is 0 Å². The molecule has 2 fully saturated rings. The molecular weight excluding hydrogens is 222 g/mol. The van der Waals surface area contributed by atoms with Gasteiger partial charge in [0.2, 0.25) is 0 Å². The Balaban J connectivity index is 1.78. The van der Waals surface area contributed by atoms with Gasteiger partial charge in [-0.15, -0.1) is 0 Å². The van der Waals surface area contributed by atoms with Crippen molar-refractivity contribution < 1.29 is 4.74 Å². The minimum absolute atomic E-state index is 0.482. The average Bonchev–Trinajstić information content (AvgIpc) is 3.10. The smallest absolute Gasteiger partial charge is 0.0471 e. The summed E-state index contributed by atoms with van der Waals surface area (Å²) in [5.41, 5.74) is 1.02. The highest BCUT2D eigenvalue weighted by Crippen LogP contribution is 2.37. The van der Waals surface area contributed by atoms with Gasteiger partial charge in [0.05, 0.1) is 0 Å². The van der Waals surface area contributed by atoms with Gasteiger partial charge < -0.3 is 10.1 Å². The van der Waals surface area contributed by atoms with Crippen molar-refractivity contribution in [3.63, 3.8) is 0 Å². The zero-order valence-electron chi connectivity index (χ0n) is 12.6. The quantitative estimate of drug-likeness (QED) is 0.778. The van der Waals surface area contributed by atoms with Crippen molar-refractivity contribution in [1.29, 1.82) is 0 Å². The molecular formula is C16H31NO. The van der Waals surface area contributed by atoms with E-state index in [1.165, 1.54) is 51.5 Å². The van der Waals surface area contributed by atoms with Crippen LogP contribution in [0, 0.1) is 10.8 Å². The first kappa shape index (κ1) is 14.3. The standard InChI is InChI=1S/C16H31NO/c1-15(2,3)7-4-8-16(9-11-18-12-10-16)13-17-14-5-6-14/h14,17H,4-13H2,1-3H3. The van der Waals surface area contributed by atoms with E-state index in [-0.39, 0.29) is 0 Å². The zero-order valence-corrected chi connectivity index (χ0v) is 12.6. The van der Waals surface area contributed by atoms with E-state index >= 15 is 0 Å². The fourth-order valence-electron chi connectivity index (χ4n) is 2.96. The predicted octanol–water partition coefficient (Wildman–Crippen LogP) is 3.75. The van der Waals surface area contributed by atoms with Crippen molar-refractivity contribution in [3.05, 3.63) is 0 Å². The molecule has 1 saturated carbocycles. The summed E-state index contributed by atoms with van der Waals surface area (Å²) < 4.78 is 5.57. The first-order valence-corrected chi connectivity index (χ1v) is 7.80. The summed E-state index contributed by atoms with van der Waals surface area (Å²) in [6.07, 6.45) is 9.42. The molecule has 0 bridgehead atoms. The molecule has 1 aliphatic heterocycles. The summed E-state index contributed by atoms with van der Waals surface area (Å²) in [4.78, 5) is 0. The topological polar surface area (TPSA) is 21.3 Å². The van der Waals surface area contributed by atoms with Crippen molar-refractivity contribution in [2.75, 3.05) is 19.8 Å². The van der Waals surface area contributed by atoms with Crippen LogP contribution < -0.4 is 5.32 Å². The Morgan fingerprint density at radius 1 is 1.17 bits per heavy atom. The maximum Gasteiger partial charge on any atom is 0.0471 e. The Morgan fingerprint density at radius 2 is 1.83 bits per heavy atom. The molecule has 0 spiro atoms. The van der Waals surface area contributed by atoms with E-state index < -0.39 is 0 Å². The summed E-state index contributed by atoms with van der Waals surface area (Å²) in [5.74, 6) is 0. The maximum absolute atomic E-state index is 5.57. The Hall–Kier alpha value is -0.0800. The molecule has 2 nitrogen and oxygen atoms in total. The molecule has 0 atom stereocenters. The largest absolute Gasteiger partial charge is 0.381 e. The molecule has 0 aromatic rings. The van der Waals surface area contributed by atoms with Crippen LogP contribution in [0.25, 0.3) is 0 Å². The third-order valence-corrected chi connectivity index (χ3v) is 4.53. The molecule has 1 N–H and O–H groups in total. The van der Waals surface area contributed by atoms with Gasteiger partial charge in [-0.3, -0.25) is 0 Å². The van der Waals surface area contributed by atoms with E-state index in [0.29, 0.717) is 10.8 Å². The van der Waals surface area contributed by atoms with Gasteiger partial charge >= 0.3 is 0 Å². The van der Waals surface area contributed by atoms with E-state index in [2.05, 4.69) is 26.1 Å². The van der Waals surface area contributed by atoms with Crippen LogP contribution in [0.15, 0.2) is 0 Å². The second kappa shape index (κ2) is 5.92. The molecule has 1 aliphatic carbocycles. The zero-order chi connectivity index (χ0) is 13.1. The minimum Gasteiger partial charge on any atom is -0.381 e. The van der Waals surface area contributed by atoms with Crippen LogP contribution >= 0.6 is 0 Å². The van der Waals surface area contributed by atoms with Crippen LogP contribution in [0.3, 0.4) is 0 Å². The van der Waals surface area contributed by atoms with Gasteiger partial charge in [-0.1, -0.05) is 27.2 Å². The summed E-state index contributed by atoms with van der Waals surface area (Å²) in [5, 5.41) is 3.76. The summed E-state index contributed by atoms with van der Waals surface area (Å²) in [7, 11) is 0. The van der Waals surface area contributed by atoms with Gasteiger partial charge in [0.15, 0.2) is 0 Å². The summed E-state index contributed by atoms with van der Waals surface area (Å²) in [6, 6.07) is 0.840. The molecule has 2 rings (SSSR count). The van der Waals surface area contributed by atoms with Gasteiger partial charge in [-0.2, -0.15) is 0 Å². The van der Waals surface area contributed by atoms with Crippen LogP contribution in [0.2, 0.25) is 0 Å². The van der Waals surface area contributed by atoms with Gasteiger partial charge in [0.25, 0.3) is 0 Å². The fraction of sp³-hybridized carbons (Fsp3) is 1.00. The number of hydrogen-bond donors (Lipinski definition) is 1. The molecule has 106 valence electrons. The molecule has 0 unspecified atom stereocenters. The van der Waals surface area contributed by atoms with Crippen LogP contribution in [-0.4, -0.2) is 25.8 Å². The molecule has 2 aliphatic rings. The van der Waals surface area contributed by atoms with Crippen molar-refractivity contribution >= 4 is 0 Å². The lowest BCUT2D eigenvalue weighted by molar-refractivity contribution is 0.00798. The first-order chi connectivity index (χ1) is 8.49. The summed E-state index contributed by atoms with van der Waals surface area (Å²) in [6.45, 7) is 10.2. The molecule has 1 heterocycles. The van der Waals surface area contributed by atoms with E-state index in [0.717, 1.165) is 19.3 Å². The Kier molecular flexibility index (Phi) is 4.71. The second-order valence-corrected chi connectivity index (χ2v) is 7.68. The van der Waals surface area contributed by atoms with Gasteiger partial charge in [-0.05, 0) is 49.4 Å². The molecule has 1 saturated heterocycles. The van der Waals surface area contributed by atoms with Gasteiger partial charge in [0.1, 0.15) is 0 Å². The Bertz CT molecular complexity index is 246. The van der Waals surface area contributed by atoms with Gasteiger partial charge in [0, 0.05) is 25.8 Å². The monoisotopic (exact) mass is 253 g/mol. The molecule has 0 aromatic heterocycles. The second-order valence-electron chi connectivity index (χ2n) is 7.68. The van der Waals surface area contributed by atoms with Gasteiger partial charge in [-0.25, -0.2) is 0 Å². The van der Waals surface area contributed by atoms with Crippen LogP contribution in [0.5, 0.6) is 0 Å². The molecule has 0 amide bonds. The SMILES string of the molecule is CC(C)(C)CCCC1(CNC2CC2)CCOCC1. The van der Waals surface area contributed by atoms with Crippen LogP contribution in [-0.2, 0) is 4.74 Å². The van der Waals surface area contributed by atoms with E-state index in [1.54, 1.807) is 0 Å². The van der Waals surface area contributed by atoms with Crippen molar-refractivity contribution in [1.82, 2.24) is 5.32 Å². The third-order valence-electron chi connectivity index (χ3n) is 4.53. The van der Waals surface area contributed by atoms with Crippen LogP contribution in [0.1, 0.15) is 65.7 Å². The predicted molar refractivity (Wildman–Crippen MR) is 76.8 cm³/mol. The van der Waals surface area contributed by atoms with E-state index in [4.69, 9.17) is 4.74 Å². The first-order valence-electron chi connectivity index (χ1n) is 7.80. The highest BCUT2D eigenvalue weighted by molar-refractivity contribution is 4.89. The summed E-state index contributed by atoms with van der Waals surface area (Å²) >= 11 is 0. The fourth-order valence-corrected chi connectivity index (χ4v) is 2.96. The number of hydrogen-bond acceptors (Lipinski definition) is 2. The average molecular weight is 253 g/mol. The Labute approximate surface area is 113 Å². The highest BCUT2D eigenvalue weighted by Gasteiger charge is 2.34. The number of rotatable bonds is 6. The number of ether oxygens (including phenoxy) is 1. The minimum atomic E-state index is 0.482. The lowest BCUT2D eigenvalue weighted by Gasteiger charge is -2.38. The molecule has 2 heteroatoms. The lowest BCUT2D eigenvalue weighted by Crippen LogP contribution is -2.40. The van der Waals surface area contributed by atoms with Crippen molar-refractivity contribution in [2.45, 2.75) is 71.8 Å². The highest BCUT2D eigenvalue weighted by atomic mass is 16.5. The molecule has 18 heavy (non-hydrogen) atoms. The normalized spacial score (nSPS) is 24.2.